The quantitative estimate of drug-likeness (QED) is 0.562. The monoisotopic (exact) mass is 128 g/mol. The number of aromatic nitrogens is 1. The Morgan fingerprint density at radius 2 is 2.56 bits per heavy atom. The third kappa shape index (κ3) is 1.43. The van der Waals surface area contributed by atoms with E-state index in [4.69, 9.17) is 5.73 Å². The van der Waals surface area contributed by atoms with Gasteiger partial charge >= 0.3 is 0 Å². The summed E-state index contributed by atoms with van der Waals surface area (Å²) in [6.45, 7) is 0.501. The highest BCUT2D eigenvalue weighted by Gasteiger charge is 1.94. The average molecular weight is 128 g/mol. The van der Waals surface area contributed by atoms with Crippen LogP contribution in [0.1, 0.15) is 5.76 Å². The van der Waals surface area contributed by atoms with Crippen molar-refractivity contribution in [3.8, 4) is 0 Å². The van der Waals surface area contributed by atoms with Crippen molar-refractivity contribution in [3.63, 3.8) is 0 Å². The smallest absolute Gasteiger partial charge is 0.280 e. The van der Waals surface area contributed by atoms with Crippen LogP contribution in [0.4, 0.5) is 0 Å². The minimum absolute atomic E-state index is 0.210. The molecule has 0 saturated heterocycles. The first-order valence-corrected chi connectivity index (χ1v) is 2.70. The third-order valence-corrected chi connectivity index (χ3v) is 0.966. The lowest BCUT2D eigenvalue weighted by Crippen LogP contribution is -2.01. The highest BCUT2D eigenvalue weighted by atomic mass is 16.5. The molecule has 0 atom stereocenters. The Morgan fingerprint density at radius 1 is 1.78 bits per heavy atom. The molecule has 0 fully saturated rings. The van der Waals surface area contributed by atoms with Crippen LogP contribution in [0.5, 0.6) is 0 Å². The Labute approximate surface area is 51.6 Å². The van der Waals surface area contributed by atoms with Gasteiger partial charge in [-0.1, -0.05) is 0 Å². The van der Waals surface area contributed by atoms with Gasteiger partial charge in [0.15, 0.2) is 0 Å². The number of rotatable bonds is 2. The Morgan fingerprint density at radius 3 is 3.00 bits per heavy atom. The van der Waals surface area contributed by atoms with E-state index < -0.39 is 0 Å². The van der Waals surface area contributed by atoms with Crippen LogP contribution < -0.4 is 11.3 Å². The molecule has 0 aliphatic carbocycles. The summed E-state index contributed by atoms with van der Waals surface area (Å²) in [6.07, 6.45) is 0.610. The van der Waals surface area contributed by atoms with Crippen molar-refractivity contribution in [2.24, 2.45) is 5.73 Å². The van der Waals surface area contributed by atoms with Crippen LogP contribution in [0.15, 0.2) is 15.4 Å². The van der Waals surface area contributed by atoms with Gasteiger partial charge in [0.25, 0.3) is 5.56 Å². The van der Waals surface area contributed by atoms with Gasteiger partial charge in [-0.2, -0.15) is 5.16 Å². The number of hydrogen-bond acceptors (Lipinski definition) is 3. The van der Waals surface area contributed by atoms with Gasteiger partial charge in [0.1, 0.15) is 5.76 Å². The zero-order valence-electron chi connectivity index (χ0n) is 4.89. The SMILES string of the molecule is NCCc1cc(=O)[nH]o1. The zero-order valence-corrected chi connectivity index (χ0v) is 4.89. The summed E-state index contributed by atoms with van der Waals surface area (Å²) in [6, 6.07) is 1.40. The summed E-state index contributed by atoms with van der Waals surface area (Å²) in [5.74, 6) is 0.613. The summed E-state index contributed by atoms with van der Waals surface area (Å²) in [7, 11) is 0. The van der Waals surface area contributed by atoms with E-state index in [1.807, 2.05) is 0 Å². The lowest BCUT2D eigenvalue weighted by molar-refractivity contribution is 0.380. The van der Waals surface area contributed by atoms with Crippen LogP contribution in [0.25, 0.3) is 0 Å². The summed E-state index contributed by atoms with van der Waals surface area (Å²) in [5.41, 5.74) is 4.98. The second-order valence-corrected chi connectivity index (χ2v) is 1.72. The molecule has 0 radical (unpaired) electrons. The number of hydrogen-bond donors (Lipinski definition) is 2. The molecule has 0 aromatic carbocycles. The second-order valence-electron chi connectivity index (χ2n) is 1.72. The third-order valence-electron chi connectivity index (χ3n) is 0.966. The van der Waals surface area contributed by atoms with E-state index in [2.05, 4.69) is 9.68 Å². The van der Waals surface area contributed by atoms with Crippen molar-refractivity contribution < 1.29 is 4.52 Å². The number of H-pyrrole nitrogens is 1. The van der Waals surface area contributed by atoms with Crippen molar-refractivity contribution in [1.82, 2.24) is 5.16 Å². The predicted molar refractivity (Wildman–Crippen MR) is 32.1 cm³/mol. The first kappa shape index (κ1) is 6.10. The van der Waals surface area contributed by atoms with Crippen molar-refractivity contribution in [1.29, 1.82) is 0 Å². The molecular formula is C5H8N2O2. The van der Waals surface area contributed by atoms with E-state index in [1.165, 1.54) is 6.07 Å². The molecule has 0 unspecified atom stereocenters. The highest BCUT2D eigenvalue weighted by molar-refractivity contribution is 4.93. The van der Waals surface area contributed by atoms with Crippen molar-refractivity contribution in [3.05, 3.63) is 22.2 Å². The van der Waals surface area contributed by atoms with Gasteiger partial charge in [0.05, 0.1) is 0 Å². The molecule has 0 amide bonds. The Hall–Kier alpha value is -1.03. The molecule has 0 aliphatic rings. The fourth-order valence-electron chi connectivity index (χ4n) is 0.586. The lowest BCUT2D eigenvalue weighted by atomic mass is 10.3. The maximum Gasteiger partial charge on any atom is 0.280 e. The van der Waals surface area contributed by atoms with Gasteiger partial charge in [-0.25, -0.2) is 0 Å². The van der Waals surface area contributed by atoms with E-state index >= 15 is 0 Å². The van der Waals surface area contributed by atoms with E-state index in [0.717, 1.165) is 0 Å². The van der Waals surface area contributed by atoms with Crippen LogP contribution in [0, 0.1) is 0 Å². The number of nitrogens with two attached hydrogens (primary N) is 1. The lowest BCUT2D eigenvalue weighted by Gasteiger charge is -1.84. The maximum atomic E-state index is 10.4. The van der Waals surface area contributed by atoms with Crippen LogP contribution >= 0.6 is 0 Å². The van der Waals surface area contributed by atoms with E-state index in [-0.39, 0.29) is 5.56 Å². The molecule has 0 spiro atoms. The molecule has 0 bridgehead atoms. The predicted octanol–water partition coefficient (Wildman–Crippen LogP) is -0.531. The normalized spacial score (nSPS) is 9.89. The Balaban J connectivity index is 2.73. The fraction of sp³-hybridized carbons (Fsp3) is 0.400. The molecule has 50 valence electrons. The molecule has 1 heterocycles. The highest BCUT2D eigenvalue weighted by Crippen LogP contribution is 1.90. The maximum absolute atomic E-state index is 10.4. The summed E-state index contributed by atoms with van der Waals surface area (Å²) in [4.78, 5) is 10.4. The first-order valence-electron chi connectivity index (χ1n) is 2.70. The van der Waals surface area contributed by atoms with Crippen molar-refractivity contribution in [2.45, 2.75) is 6.42 Å². The van der Waals surface area contributed by atoms with Crippen LogP contribution in [-0.4, -0.2) is 11.7 Å². The Kier molecular flexibility index (Phi) is 1.69. The van der Waals surface area contributed by atoms with Crippen LogP contribution in [0.3, 0.4) is 0 Å². The summed E-state index contributed by atoms with van der Waals surface area (Å²) < 4.78 is 4.69. The Bertz CT molecular complexity index is 225. The average Bonchev–Trinajstić information content (AvgIpc) is 2.17. The second kappa shape index (κ2) is 2.50. The first-order chi connectivity index (χ1) is 4.33. The van der Waals surface area contributed by atoms with Gasteiger partial charge in [-0.3, -0.25) is 4.79 Å². The van der Waals surface area contributed by atoms with Gasteiger partial charge in [-0.15, -0.1) is 0 Å². The van der Waals surface area contributed by atoms with Gasteiger partial charge < -0.3 is 10.3 Å². The van der Waals surface area contributed by atoms with Crippen molar-refractivity contribution >= 4 is 0 Å². The molecule has 4 nitrogen and oxygen atoms in total. The molecule has 1 aromatic rings. The van der Waals surface area contributed by atoms with Crippen LogP contribution in [0.2, 0.25) is 0 Å². The topological polar surface area (TPSA) is 72.0 Å². The molecule has 0 aliphatic heterocycles. The number of aromatic amines is 1. The molecule has 9 heavy (non-hydrogen) atoms. The van der Waals surface area contributed by atoms with E-state index in [1.54, 1.807) is 0 Å². The standard InChI is InChI=1S/C5H8N2O2/c6-2-1-4-3-5(8)7-9-4/h3H,1-2,6H2,(H,7,8). The van der Waals surface area contributed by atoms with Crippen LogP contribution in [-0.2, 0) is 6.42 Å². The summed E-state index contributed by atoms with van der Waals surface area (Å²) >= 11 is 0. The van der Waals surface area contributed by atoms with Gasteiger partial charge in [0.2, 0.25) is 0 Å². The van der Waals surface area contributed by atoms with Gasteiger partial charge in [-0.05, 0) is 6.54 Å². The minimum atomic E-state index is -0.210. The molecular weight excluding hydrogens is 120 g/mol. The fourth-order valence-corrected chi connectivity index (χ4v) is 0.586. The molecule has 4 heteroatoms. The molecule has 1 aromatic heterocycles. The zero-order chi connectivity index (χ0) is 6.69. The largest absolute Gasteiger partial charge is 0.383 e. The van der Waals surface area contributed by atoms with Gasteiger partial charge in [0, 0.05) is 12.5 Å². The van der Waals surface area contributed by atoms with E-state index in [9.17, 15) is 4.79 Å². The van der Waals surface area contributed by atoms with Crippen molar-refractivity contribution in [2.75, 3.05) is 6.54 Å². The molecule has 1 rings (SSSR count). The minimum Gasteiger partial charge on any atom is -0.383 e. The summed E-state index contributed by atoms with van der Waals surface area (Å²) in [5, 5.41) is 2.17. The molecule has 3 N–H and O–H groups in total. The number of nitrogens with one attached hydrogen (secondary N) is 1. The molecule has 0 saturated carbocycles. The van der Waals surface area contributed by atoms with E-state index in [0.29, 0.717) is 18.7 Å².